The second-order valence-electron chi connectivity index (χ2n) is 8.18. The number of carbonyl (C=O) groups excluding carboxylic acids is 1. The van der Waals surface area contributed by atoms with Gasteiger partial charge in [0, 0.05) is 19.6 Å². The van der Waals surface area contributed by atoms with Crippen molar-refractivity contribution in [1.29, 1.82) is 0 Å². The van der Waals surface area contributed by atoms with Crippen LogP contribution in [0.4, 0.5) is 4.79 Å². The standard InChI is InChI=1S/C24H37NO6/c1-4-18(3)31-24(28)25(17-20-8-6-7-9-20)14-15-30-21-12-10-19(11-13-21)16-22(23(26)27)29-5-2/h10-13,18,20,22H,4-9,14-17H2,1-3H3,(H,26,27). The van der Waals surface area contributed by atoms with E-state index in [-0.39, 0.29) is 12.2 Å². The van der Waals surface area contributed by atoms with Gasteiger partial charge in [-0.3, -0.25) is 0 Å². The van der Waals surface area contributed by atoms with E-state index in [0.29, 0.717) is 44.4 Å². The zero-order valence-electron chi connectivity index (χ0n) is 19.0. The number of carboxylic acids is 1. The molecule has 1 amide bonds. The molecular weight excluding hydrogens is 398 g/mol. The lowest BCUT2D eigenvalue weighted by atomic mass is 10.1. The molecule has 0 radical (unpaired) electrons. The SMILES string of the molecule is CCOC(Cc1ccc(OCCN(CC2CCCC2)C(=O)OC(C)CC)cc1)C(=O)O. The van der Waals surface area contributed by atoms with E-state index in [9.17, 15) is 14.7 Å². The Kier molecular flexibility index (Phi) is 10.6. The molecule has 0 heterocycles. The van der Waals surface area contributed by atoms with E-state index < -0.39 is 12.1 Å². The molecule has 2 unspecified atom stereocenters. The number of carboxylic acid groups (broad SMARTS) is 1. The number of ether oxygens (including phenoxy) is 3. The first kappa shape index (κ1) is 25.0. The van der Waals surface area contributed by atoms with Gasteiger partial charge in [0.2, 0.25) is 0 Å². The summed E-state index contributed by atoms with van der Waals surface area (Å²) in [5.74, 6) is 0.258. The van der Waals surface area contributed by atoms with Gasteiger partial charge in [-0.15, -0.1) is 0 Å². The van der Waals surface area contributed by atoms with Crippen LogP contribution in [0.5, 0.6) is 5.75 Å². The van der Waals surface area contributed by atoms with Gasteiger partial charge in [-0.05, 0) is 56.7 Å². The summed E-state index contributed by atoms with van der Waals surface area (Å²) in [5, 5.41) is 9.21. The summed E-state index contributed by atoms with van der Waals surface area (Å²) >= 11 is 0. The van der Waals surface area contributed by atoms with Gasteiger partial charge in [0.15, 0.2) is 6.10 Å². The Morgan fingerprint density at radius 1 is 1.16 bits per heavy atom. The first-order valence-electron chi connectivity index (χ1n) is 11.4. The summed E-state index contributed by atoms with van der Waals surface area (Å²) in [5.41, 5.74) is 0.869. The third-order valence-corrected chi connectivity index (χ3v) is 5.71. The summed E-state index contributed by atoms with van der Waals surface area (Å²) < 4.78 is 16.6. The highest BCUT2D eigenvalue weighted by Crippen LogP contribution is 2.26. The van der Waals surface area contributed by atoms with Crippen LogP contribution in [0.2, 0.25) is 0 Å². The Morgan fingerprint density at radius 3 is 2.42 bits per heavy atom. The lowest BCUT2D eigenvalue weighted by Gasteiger charge is -2.26. The maximum absolute atomic E-state index is 12.6. The highest BCUT2D eigenvalue weighted by Gasteiger charge is 2.24. The van der Waals surface area contributed by atoms with Crippen LogP contribution in [0.3, 0.4) is 0 Å². The Balaban J connectivity index is 1.86. The van der Waals surface area contributed by atoms with Crippen LogP contribution in [0.25, 0.3) is 0 Å². The van der Waals surface area contributed by atoms with E-state index in [1.807, 2.05) is 38.1 Å². The molecule has 1 aliphatic rings. The molecule has 0 aromatic heterocycles. The fraction of sp³-hybridized carbons (Fsp3) is 0.667. The van der Waals surface area contributed by atoms with Crippen molar-refractivity contribution < 1.29 is 28.9 Å². The van der Waals surface area contributed by atoms with Crippen LogP contribution in [0, 0.1) is 5.92 Å². The molecule has 7 heteroatoms. The number of aliphatic carboxylic acids is 1. The van der Waals surface area contributed by atoms with Crippen molar-refractivity contribution in [3.8, 4) is 5.75 Å². The molecular formula is C24H37NO6. The van der Waals surface area contributed by atoms with Crippen LogP contribution in [-0.2, 0) is 20.7 Å². The molecule has 1 aromatic carbocycles. The number of nitrogens with zero attached hydrogens (tertiary/aromatic N) is 1. The topological polar surface area (TPSA) is 85.3 Å². The predicted molar refractivity (Wildman–Crippen MR) is 118 cm³/mol. The zero-order valence-corrected chi connectivity index (χ0v) is 19.0. The minimum Gasteiger partial charge on any atom is -0.492 e. The number of carbonyl (C=O) groups is 2. The van der Waals surface area contributed by atoms with Crippen molar-refractivity contribution in [2.45, 2.75) is 71.5 Å². The van der Waals surface area contributed by atoms with Crippen LogP contribution in [0.1, 0.15) is 58.4 Å². The number of rotatable bonds is 13. The molecule has 0 aliphatic heterocycles. The summed E-state index contributed by atoms with van der Waals surface area (Å²) in [4.78, 5) is 25.6. The molecule has 7 nitrogen and oxygen atoms in total. The van der Waals surface area contributed by atoms with Crippen molar-refractivity contribution >= 4 is 12.1 Å². The molecule has 0 saturated heterocycles. The van der Waals surface area contributed by atoms with Crippen molar-refractivity contribution in [2.24, 2.45) is 5.92 Å². The largest absolute Gasteiger partial charge is 0.492 e. The number of benzene rings is 1. The molecule has 1 aromatic rings. The minimum absolute atomic E-state index is 0.0987. The molecule has 31 heavy (non-hydrogen) atoms. The smallest absolute Gasteiger partial charge is 0.410 e. The van der Waals surface area contributed by atoms with Crippen molar-refractivity contribution in [2.75, 3.05) is 26.3 Å². The predicted octanol–water partition coefficient (Wildman–Crippen LogP) is 4.52. The van der Waals surface area contributed by atoms with Crippen LogP contribution in [0.15, 0.2) is 24.3 Å². The summed E-state index contributed by atoms with van der Waals surface area (Å²) in [6.45, 7) is 7.60. The molecule has 0 spiro atoms. The first-order chi connectivity index (χ1) is 14.9. The van der Waals surface area contributed by atoms with Crippen LogP contribution < -0.4 is 4.74 Å². The van der Waals surface area contributed by atoms with E-state index in [1.54, 1.807) is 11.8 Å². The molecule has 0 bridgehead atoms. The van der Waals surface area contributed by atoms with E-state index in [0.717, 1.165) is 24.8 Å². The van der Waals surface area contributed by atoms with Gasteiger partial charge in [0.1, 0.15) is 18.5 Å². The Hall–Kier alpha value is -2.28. The number of amides is 1. The van der Waals surface area contributed by atoms with Crippen molar-refractivity contribution in [3.05, 3.63) is 29.8 Å². The molecule has 174 valence electrons. The lowest BCUT2D eigenvalue weighted by Crippen LogP contribution is -2.39. The lowest BCUT2D eigenvalue weighted by molar-refractivity contribution is -0.149. The van der Waals surface area contributed by atoms with Crippen molar-refractivity contribution in [3.63, 3.8) is 0 Å². The normalized spacial score (nSPS) is 16.0. The average Bonchev–Trinajstić information content (AvgIpc) is 3.26. The van der Waals surface area contributed by atoms with Gasteiger partial charge in [0.25, 0.3) is 0 Å². The molecule has 1 N–H and O–H groups in total. The maximum Gasteiger partial charge on any atom is 0.410 e. The Bertz CT molecular complexity index is 671. The fourth-order valence-corrected chi connectivity index (χ4v) is 3.72. The molecule has 1 fully saturated rings. The monoisotopic (exact) mass is 435 g/mol. The second-order valence-corrected chi connectivity index (χ2v) is 8.18. The van der Waals surface area contributed by atoms with E-state index >= 15 is 0 Å². The fourth-order valence-electron chi connectivity index (χ4n) is 3.72. The average molecular weight is 436 g/mol. The Morgan fingerprint density at radius 2 is 1.84 bits per heavy atom. The molecule has 1 saturated carbocycles. The molecule has 1 aliphatic carbocycles. The zero-order chi connectivity index (χ0) is 22.6. The molecule has 2 atom stereocenters. The number of hydrogen-bond acceptors (Lipinski definition) is 5. The maximum atomic E-state index is 12.6. The summed E-state index contributed by atoms with van der Waals surface area (Å²) in [7, 11) is 0. The highest BCUT2D eigenvalue weighted by molar-refractivity contribution is 5.72. The van der Waals surface area contributed by atoms with Gasteiger partial charge in [-0.1, -0.05) is 31.9 Å². The van der Waals surface area contributed by atoms with Gasteiger partial charge >= 0.3 is 12.1 Å². The first-order valence-corrected chi connectivity index (χ1v) is 11.4. The Labute approximate surface area is 185 Å². The van der Waals surface area contributed by atoms with E-state index in [1.165, 1.54) is 12.8 Å². The molecule has 2 rings (SSSR count). The summed E-state index contributed by atoms with van der Waals surface area (Å²) in [6.07, 6.45) is 4.66. The van der Waals surface area contributed by atoms with Gasteiger partial charge in [-0.25, -0.2) is 9.59 Å². The number of hydrogen-bond donors (Lipinski definition) is 1. The third-order valence-electron chi connectivity index (χ3n) is 5.71. The third kappa shape index (κ3) is 8.77. The van der Waals surface area contributed by atoms with Gasteiger partial charge < -0.3 is 24.2 Å². The summed E-state index contributed by atoms with van der Waals surface area (Å²) in [6, 6.07) is 7.33. The highest BCUT2D eigenvalue weighted by atomic mass is 16.6. The van der Waals surface area contributed by atoms with Crippen LogP contribution >= 0.6 is 0 Å². The van der Waals surface area contributed by atoms with Gasteiger partial charge in [-0.2, -0.15) is 0 Å². The van der Waals surface area contributed by atoms with Gasteiger partial charge in [0.05, 0.1) is 6.54 Å². The minimum atomic E-state index is -0.964. The van der Waals surface area contributed by atoms with E-state index in [4.69, 9.17) is 14.2 Å². The second kappa shape index (κ2) is 13.2. The van der Waals surface area contributed by atoms with Crippen molar-refractivity contribution in [1.82, 2.24) is 4.90 Å². The van der Waals surface area contributed by atoms with E-state index in [2.05, 4.69) is 0 Å². The van der Waals surface area contributed by atoms with Crippen LogP contribution in [-0.4, -0.2) is 60.6 Å². The quantitative estimate of drug-likeness (QED) is 0.490.